The van der Waals surface area contributed by atoms with Crippen molar-refractivity contribution in [3.8, 4) is 0 Å². The zero-order valence-corrected chi connectivity index (χ0v) is 13.6. The summed E-state index contributed by atoms with van der Waals surface area (Å²) in [6.45, 7) is 6.79. The van der Waals surface area contributed by atoms with Crippen molar-refractivity contribution in [3.63, 3.8) is 0 Å². The number of anilines is 1. The van der Waals surface area contributed by atoms with E-state index in [2.05, 4.69) is 48.0 Å². The molecule has 2 aliphatic heterocycles. The largest absolute Gasteiger partial charge is 0.393 e. The Kier molecular flexibility index (Phi) is 6.52. The maximum Gasteiger partial charge on any atom is 0.0564 e. The lowest BCUT2D eigenvalue weighted by atomic mass is 10.1. The van der Waals surface area contributed by atoms with Crippen LogP contribution in [0.5, 0.6) is 0 Å². The summed E-state index contributed by atoms with van der Waals surface area (Å²) < 4.78 is 0. The number of para-hydroxylation sites is 1. The number of nitrogens with zero attached hydrogens (tertiary/aromatic N) is 2. The van der Waals surface area contributed by atoms with E-state index in [1.807, 2.05) is 0 Å². The van der Waals surface area contributed by atoms with E-state index in [0.717, 1.165) is 25.9 Å². The molecule has 2 fully saturated rings. The van der Waals surface area contributed by atoms with E-state index < -0.39 is 0 Å². The summed E-state index contributed by atoms with van der Waals surface area (Å²) in [5, 5.41) is 9.00. The van der Waals surface area contributed by atoms with Gasteiger partial charge in [0.25, 0.3) is 0 Å². The second kappa shape index (κ2) is 8.40. The van der Waals surface area contributed by atoms with E-state index in [0.29, 0.717) is 0 Å². The van der Waals surface area contributed by atoms with Gasteiger partial charge in [-0.25, -0.2) is 0 Å². The van der Waals surface area contributed by atoms with Crippen LogP contribution in [0.25, 0.3) is 0 Å². The number of hydrogen-bond donors (Lipinski definition) is 1. The van der Waals surface area contributed by atoms with Crippen molar-refractivity contribution >= 4 is 5.69 Å². The van der Waals surface area contributed by atoms with Crippen LogP contribution < -0.4 is 4.90 Å². The molecule has 1 N–H and O–H groups in total. The Bertz CT molecular complexity index is 397. The minimum absolute atomic E-state index is 0.0220. The second-order valence-corrected chi connectivity index (χ2v) is 6.37. The molecule has 0 aliphatic carbocycles. The fourth-order valence-electron chi connectivity index (χ4n) is 3.05. The third-order valence-electron chi connectivity index (χ3n) is 4.50. The normalized spacial score (nSPS) is 20.8. The molecule has 0 radical (unpaired) electrons. The summed E-state index contributed by atoms with van der Waals surface area (Å²) in [6.07, 6.45) is 6.00. The summed E-state index contributed by atoms with van der Waals surface area (Å²) in [7, 11) is 2.09. The Morgan fingerprint density at radius 3 is 2.14 bits per heavy atom. The number of aryl methyl sites for hydroxylation is 1. The molecule has 2 saturated heterocycles. The van der Waals surface area contributed by atoms with Crippen molar-refractivity contribution in [3.05, 3.63) is 29.8 Å². The predicted octanol–water partition coefficient (Wildman–Crippen LogP) is 3.06. The SMILES string of the molecule is CN1CCC(O)CC1.Cc1ccccc1N1CCCCC1. The first-order valence-corrected chi connectivity index (χ1v) is 8.34. The minimum atomic E-state index is -0.0220. The molecule has 3 heteroatoms. The van der Waals surface area contributed by atoms with Crippen LogP contribution in [0, 0.1) is 6.92 Å². The first-order valence-electron chi connectivity index (χ1n) is 8.34. The fourth-order valence-corrected chi connectivity index (χ4v) is 3.05. The number of aliphatic hydroxyl groups excluding tert-OH is 1. The van der Waals surface area contributed by atoms with Crippen molar-refractivity contribution < 1.29 is 5.11 Å². The Hall–Kier alpha value is -1.06. The third kappa shape index (κ3) is 5.33. The zero-order chi connectivity index (χ0) is 15.1. The van der Waals surface area contributed by atoms with Crippen LogP contribution in [-0.2, 0) is 0 Å². The molecule has 0 spiro atoms. The molecule has 1 aromatic carbocycles. The van der Waals surface area contributed by atoms with E-state index in [9.17, 15) is 0 Å². The predicted molar refractivity (Wildman–Crippen MR) is 90.0 cm³/mol. The molecule has 0 unspecified atom stereocenters. The highest BCUT2D eigenvalue weighted by molar-refractivity contribution is 5.53. The van der Waals surface area contributed by atoms with Crippen molar-refractivity contribution in [1.82, 2.24) is 4.90 Å². The van der Waals surface area contributed by atoms with Crippen LogP contribution >= 0.6 is 0 Å². The second-order valence-electron chi connectivity index (χ2n) is 6.37. The summed E-state index contributed by atoms with van der Waals surface area (Å²) in [5.74, 6) is 0. The highest BCUT2D eigenvalue weighted by Gasteiger charge is 2.12. The minimum Gasteiger partial charge on any atom is -0.393 e. The average molecular weight is 290 g/mol. The number of aliphatic hydroxyl groups is 1. The van der Waals surface area contributed by atoms with Crippen molar-refractivity contribution in [1.29, 1.82) is 0 Å². The van der Waals surface area contributed by atoms with Crippen LogP contribution in [-0.4, -0.2) is 49.3 Å². The molecule has 1 aromatic rings. The fraction of sp³-hybridized carbons (Fsp3) is 0.667. The lowest BCUT2D eigenvalue weighted by molar-refractivity contribution is 0.0943. The zero-order valence-electron chi connectivity index (χ0n) is 13.6. The molecule has 0 atom stereocenters. The van der Waals surface area contributed by atoms with Gasteiger partial charge < -0.3 is 14.9 Å². The van der Waals surface area contributed by atoms with E-state index in [-0.39, 0.29) is 6.10 Å². The van der Waals surface area contributed by atoms with Crippen molar-refractivity contribution in [2.75, 3.05) is 38.1 Å². The van der Waals surface area contributed by atoms with Crippen molar-refractivity contribution in [2.24, 2.45) is 0 Å². The Balaban J connectivity index is 0.000000173. The lowest BCUT2D eigenvalue weighted by Gasteiger charge is -2.30. The molecule has 21 heavy (non-hydrogen) atoms. The smallest absolute Gasteiger partial charge is 0.0564 e. The van der Waals surface area contributed by atoms with Gasteiger partial charge in [0, 0.05) is 31.9 Å². The van der Waals surface area contributed by atoms with Crippen molar-refractivity contribution in [2.45, 2.75) is 45.1 Å². The topological polar surface area (TPSA) is 26.7 Å². The number of piperidine rings is 2. The first-order chi connectivity index (χ1) is 10.2. The van der Waals surface area contributed by atoms with E-state index in [1.165, 1.54) is 43.6 Å². The van der Waals surface area contributed by atoms with Crippen LogP contribution in [0.2, 0.25) is 0 Å². The maximum absolute atomic E-state index is 9.00. The van der Waals surface area contributed by atoms with Gasteiger partial charge >= 0.3 is 0 Å². The Morgan fingerprint density at radius 1 is 0.952 bits per heavy atom. The molecule has 2 aliphatic rings. The quantitative estimate of drug-likeness (QED) is 0.861. The van der Waals surface area contributed by atoms with E-state index >= 15 is 0 Å². The summed E-state index contributed by atoms with van der Waals surface area (Å²) in [5.41, 5.74) is 2.84. The molecule has 0 bridgehead atoms. The van der Waals surface area contributed by atoms with Gasteiger partial charge in [-0.1, -0.05) is 18.2 Å². The van der Waals surface area contributed by atoms with Gasteiger partial charge in [0.1, 0.15) is 0 Å². The van der Waals surface area contributed by atoms with Crippen LogP contribution in [0.15, 0.2) is 24.3 Å². The standard InChI is InChI=1S/C12H17N.C6H13NO/c1-11-7-3-4-8-12(11)13-9-5-2-6-10-13;1-7-4-2-6(8)3-5-7/h3-4,7-8H,2,5-6,9-10H2,1H3;6,8H,2-5H2,1H3. The number of benzene rings is 1. The van der Waals surface area contributed by atoms with Gasteiger partial charge in [-0.15, -0.1) is 0 Å². The summed E-state index contributed by atoms with van der Waals surface area (Å²) in [6, 6.07) is 8.68. The Morgan fingerprint density at radius 2 is 1.57 bits per heavy atom. The molecule has 3 rings (SSSR count). The molecular formula is C18H30N2O. The molecular weight excluding hydrogens is 260 g/mol. The van der Waals surface area contributed by atoms with Crippen LogP contribution in [0.3, 0.4) is 0 Å². The Labute approximate surface area is 129 Å². The number of hydrogen-bond acceptors (Lipinski definition) is 3. The average Bonchev–Trinajstić information content (AvgIpc) is 2.52. The maximum atomic E-state index is 9.00. The molecule has 0 aromatic heterocycles. The van der Waals surface area contributed by atoms with Crippen LogP contribution in [0.1, 0.15) is 37.7 Å². The molecule has 118 valence electrons. The first kappa shape index (κ1) is 16.3. The molecule has 0 saturated carbocycles. The number of likely N-dealkylation sites (tertiary alicyclic amines) is 1. The van der Waals surface area contributed by atoms with Gasteiger partial charge in [-0.2, -0.15) is 0 Å². The van der Waals surface area contributed by atoms with E-state index in [1.54, 1.807) is 0 Å². The summed E-state index contributed by atoms with van der Waals surface area (Å²) in [4.78, 5) is 4.76. The molecule has 3 nitrogen and oxygen atoms in total. The van der Waals surface area contributed by atoms with Gasteiger partial charge in [-0.3, -0.25) is 0 Å². The molecule has 0 amide bonds. The lowest BCUT2D eigenvalue weighted by Crippen LogP contribution is -2.32. The van der Waals surface area contributed by atoms with Gasteiger partial charge in [0.2, 0.25) is 0 Å². The monoisotopic (exact) mass is 290 g/mol. The molecule has 2 heterocycles. The summed E-state index contributed by atoms with van der Waals surface area (Å²) >= 11 is 0. The highest BCUT2D eigenvalue weighted by Crippen LogP contribution is 2.22. The highest BCUT2D eigenvalue weighted by atomic mass is 16.3. The van der Waals surface area contributed by atoms with Crippen LogP contribution in [0.4, 0.5) is 5.69 Å². The van der Waals surface area contributed by atoms with Gasteiger partial charge in [0.15, 0.2) is 0 Å². The third-order valence-corrected chi connectivity index (χ3v) is 4.50. The van der Waals surface area contributed by atoms with Gasteiger partial charge in [0.05, 0.1) is 6.10 Å². The van der Waals surface area contributed by atoms with E-state index in [4.69, 9.17) is 5.11 Å². The van der Waals surface area contributed by atoms with Gasteiger partial charge in [-0.05, 0) is 57.7 Å². The number of rotatable bonds is 1.